The van der Waals surface area contributed by atoms with Crippen LogP contribution in [0.5, 0.6) is 0 Å². The first-order chi connectivity index (χ1) is 7.29. The molecule has 86 valence electrons. The van der Waals surface area contributed by atoms with Crippen molar-refractivity contribution in [3.8, 4) is 0 Å². The van der Waals surface area contributed by atoms with Gasteiger partial charge in [0.15, 0.2) is 0 Å². The van der Waals surface area contributed by atoms with Crippen molar-refractivity contribution in [2.75, 3.05) is 32.8 Å². The number of nitrogens with zero attached hydrogens (tertiary/aromatic N) is 1. The molecular weight excluding hydrogens is 192 g/mol. The second-order valence-corrected chi connectivity index (χ2v) is 4.49. The summed E-state index contributed by atoms with van der Waals surface area (Å²) in [6.07, 6.45) is 1.89. The van der Waals surface area contributed by atoms with Crippen molar-refractivity contribution >= 4 is 5.91 Å². The molecule has 2 aliphatic rings. The maximum atomic E-state index is 12.1. The highest BCUT2D eigenvalue weighted by Gasteiger charge is 2.33. The van der Waals surface area contributed by atoms with Gasteiger partial charge in [-0.15, -0.1) is 0 Å². The van der Waals surface area contributed by atoms with E-state index in [9.17, 15) is 4.79 Å². The number of carbonyl (C=O) groups excluding carboxylic acids is 1. The third-order valence-corrected chi connectivity index (χ3v) is 3.28. The molecule has 1 amide bonds. The van der Waals surface area contributed by atoms with Crippen LogP contribution in [0.2, 0.25) is 0 Å². The van der Waals surface area contributed by atoms with Gasteiger partial charge in [-0.25, -0.2) is 0 Å². The van der Waals surface area contributed by atoms with E-state index in [1.807, 2.05) is 4.90 Å². The molecule has 1 N–H and O–H groups in total. The van der Waals surface area contributed by atoms with Crippen LogP contribution >= 0.6 is 0 Å². The van der Waals surface area contributed by atoms with E-state index in [-0.39, 0.29) is 12.0 Å². The molecule has 2 saturated heterocycles. The van der Waals surface area contributed by atoms with Crippen LogP contribution in [-0.2, 0) is 9.53 Å². The van der Waals surface area contributed by atoms with E-state index in [4.69, 9.17) is 4.74 Å². The summed E-state index contributed by atoms with van der Waals surface area (Å²) in [4.78, 5) is 14.1. The third kappa shape index (κ3) is 2.49. The monoisotopic (exact) mass is 212 g/mol. The number of hydrogen-bond donors (Lipinski definition) is 1. The highest BCUT2D eigenvalue weighted by atomic mass is 16.5. The average Bonchev–Trinajstić information content (AvgIpc) is 2.53. The first-order valence-corrected chi connectivity index (χ1v) is 5.90. The normalized spacial score (nSPS) is 32.7. The molecule has 0 bridgehead atoms. The van der Waals surface area contributed by atoms with Gasteiger partial charge in [-0.2, -0.15) is 0 Å². The standard InChI is InChI=1S/C11H20N2O2/c1-9-3-8-15-10(9)11(14)13-6-2-4-12-5-7-13/h9-10,12H,2-8H2,1H3. The minimum atomic E-state index is -0.178. The summed E-state index contributed by atoms with van der Waals surface area (Å²) in [7, 11) is 0. The Kier molecular flexibility index (Phi) is 3.59. The Morgan fingerprint density at radius 1 is 1.40 bits per heavy atom. The van der Waals surface area contributed by atoms with Crippen LogP contribution in [0, 0.1) is 5.92 Å². The summed E-state index contributed by atoms with van der Waals surface area (Å²) < 4.78 is 5.51. The van der Waals surface area contributed by atoms with Crippen LogP contribution in [0.3, 0.4) is 0 Å². The Hall–Kier alpha value is -0.610. The minimum absolute atomic E-state index is 0.178. The van der Waals surface area contributed by atoms with E-state index < -0.39 is 0 Å². The predicted molar refractivity (Wildman–Crippen MR) is 57.6 cm³/mol. The van der Waals surface area contributed by atoms with Gasteiger partial charge in [0.2, 0.25) is 0 Å². The fourth-order valence-electron chi connectivity index (χ4n) is 2.26. The zero-order valence-corrected chi connectivity index (χ0v) is 9.37. The molecule has 0 aromatic carbocycles. The van der Waals surface area contributed by atoms with Gasteiger partial charge in [-0.1, -0.05) is 6.92 Å². The molecule has 2 aliphatic heterocycles. The van der Waals surface area contributed by atoms with Crippen LogP contribution in [0.15, 0.2) is 0 Å². The molecule has 2 atom stereocenters. The lowest BCUT2D eigenvalue weighted by atomic mass is 10.0. The molecule has 0 radical (unpaired) electrons. The molecular formula is C11H20N2O2. The van der Waals surface area contributed by atoms with Crippen LogP contribution in [0.25, 0.3) is 0 Å². The van der Waals surface area contributed by atoms with Crippen molar-refractivity contribution in [3.05, 3.63) is 0 Å². The zero-order valence-electron chi connectivity index (χ0n) is 9.37. The van der Waals surface area contributed by atoms with Crippen LogP contribution in [0.1, 0.15) is 19.8 Å². The van der Waals surface area contributed by atoms with E-state index in [1.54, 1.807) is 0 Å². The number of rotatable bonds is 1. The smallest absolute Gasteiger partial charge is 0.252 e. The van der Waals surface area contributed by atoms with E-state index >= 15 is 0 Å². The Morgan fingerprint density at radius 2 is 2.27 bits per heavy atom. The molecule has 15 heavy (non-hydrogen) atoms. The number of carbonyl (C=O) groups is 1. The summed E-state index contributed by atoms with van der Waals surface area (Å²) >= 11 is 0. The Morgan fingerprint density at radius 3 is 3.00 bits per heavy atom. The highest BCUT2D eigenvalue weighted by Crippen LogP contribution is 2.22. The van der Waals surface area contributed by atoms with Gasteiger partial charge in [-0.05, 0) is 25.3 Å². The zero-order chi connectivity index (χ0) is 10.7. The van der Waals surface area contributed by atoms with Crippen molar-refractivity contribution in [1.29, 1.82) is 0 Å². The molecule has 0 spiro atoms. The van der Waals surface area contributed by atoms with Gasteiger partial charge < -0.3 is 15.0 Å². The van der Waals surface area contributed by atoms with Crippen LogP contribution < -0.4 is 5.32 Å². The molecule has 0 aromatic heterocycles. The Bertz CT molecular complexity index is 225. The van der Waals surface area contributed by atoms with Crippen molar-refractivity contribution in [2.45, 2.75) is 25.9 Å². The van der Waals surface area contributed by atoms with Crippen molar-refractivity contribution < 1.29 is 9.53 Å². The average molecular weight is 212 g/mol. The lowest BCUT2D eigenvalue weighted by Crippen LogP contribution is -2.42. The second-order valence-electron chi connectivity index (χ2n) is 4.49. The van der Waals surface area contributed by atoms with Crippen molar-refractivity contribution in [1.82, 2.24) is 10.2 Å². The largest absolute Gasteiger partial charge is 0.368 e. The summed E-state index contributed by atoms with van der Waals surface area (Å²) in [6.45, 7) is 6.47. The topological polar surface area (TPSA) is 41.6 Å². The van der Waals surface area contributed by atoms with Crippen LogP contribution in [0.4, 0.5) is 0 Å². The molecule has 4 heteroatoms. The number of hydrogen-bond acceptors (Lipinski definition) is 3. The Balaban J connectivity index is 1.93. The van der Waals surface area contributed by atoms with Gasteiger partial charge in [0.25, 0.3) is 5.91 Å². The van der Waals surface area contributed by atoms with Gasteiger partial charge in [0, 0.05) is 26.2 Å². The SMILES string of the molecule is CC1CCOC1C(=O)N1CCCNCC1. The summed E-state index contributed by atoms with van der Waals surface area (Å²) in [6, 6.07) is 0. The van der Waals surface area contributed by atoms with E-state index in [0.717, 1.165) is 45.6 Å². The number of nitrogens with one attached hydrogen (secondary N) is 1. The van der Waals surface area contributed by atoms with E-state index in [2.05, 4.69) is 12.2 Å². The lowest BCUT2D eigenvalue weighted by molar-refractivity contribution is -0.142. The van der Waals surface area contributed by atoms with Crippen molar-refractivity contribution in [2.24, 2.45) is 5.92 Å². The fraction of sp³-hybridized carbons (Fsp3) is 0.909. The first-order valence-electron chi connectivity index (χ1n) is 5.90. The van der Waals surface area contributed by atoms with Gasteiger partial charge in [0.1, 0.15) is 6.10 Å². The maximum absolute atomic E-state index is 12.1. The predicted octanol–water partition coefficient (Wildman–Crippen LogP) is 0.233. The minimum Gasteiger partial charge on any atom is -0.368 e. The Labute approximate surface area is 91.0 Å². The van der Waals surface area contributed by atoms with E-state index in [0.29, 0.717) is 5.92 Å². The second kappa shape index (κ2) is 4.94. The highest BCUT2D eigenvalue weighted by molar-refractivity contribution is 5.81. The van der Waals surface area contributed by atoms with Crippen molar-refractivity contribution in [3.63, 3.8) is 0 Å². The van der Waals surface area contributed by atoms with E-state index in [1.165, 1.54) is 0 Å². The molecule has 0 saturated carbocycles. The first kappa shape index (κ1) is 10.9. The lowest BCUT2D eigenvalue weighted by Gasteiger charge is -2.24. The van der Waals surface area contributed by atoms with Crippen LogP contribution in [-0.4, -0.2) is 49.7 Å². The molecule has 0 aliphatic carbocycles. The summed E-state index contributed by atoms with van der Waals surface area (Å²) in [5, 5.41) is 3.30. The van der Waals surface area contributed by atoms with Gasteiger partial charge in [0.05, 0.1) is 0 Å². The summed E-state index contributed by atoms with van der Waals surface area (Å²) in [5.74, 6) is 0.581. The van der Waals surface area contributed by atoms with Gasteiger partial charge in [-0.3, -0.25) is 4.79 Å². The molecule has 2 fully saturated rings. The quantitative estimate of drug-likeness (QED) is 0.676. The third-order valence-electron chi connectivity index (χ3n) is 3.28. The molecule has 4 nitrogen and oxygen atoms in total. The number of amides is 1. The molecule has 2 unspecified atom stereocenters. The molecule has 0 aromatic rings. The summed E-state index contributed by atoms with van der Waals surface area (Å²) in [5.41, 5.74) is 0. The molecule has 2 heterocycles. The molecule has 2 rings (SSSR count). The fourth-order valence-corrected chi connectivity index (χ4v) is 2.26. The maximum Gasteiger partial charge on any atom is 0.252 e. The van der Waals surface area contributed by atoms with Gasteiger partial charge >= 0.3 is 0 Å². The number of ether oxygens (including phenoxy) is 1.